The van der Waals surface area contributed by atoms with Gasteiger partial charge in [0, 0.05) is 25.6 Å². The Bertz CT molecular complexity index is 1140. The average Bonchev–Trinajstić information content (AvgIpc) is 2.84. The van der Waals surface area contributed by atoms with E-state index in [0.29, 0.717) is 5.75 Å². The Hall–Kier alpha value is -3.14. The van der Waals surface area contributed by atoms with E-state index in [0.717, 1.165) is 22.5 Å². The van der Waals surface area contributed by atoms with Gasteiger partial charge in [-0.3, -0.25) is 13.9 Å². The number of nitrogens with zero attached hydrogens (tertiary/aromatic N) is 2. The fourth-order valence-electron chi connectivity index (χ4n) is 3.65. The highest BCUT2D eigenvalue weighted by molar-refractivity contribution is 7.92. The number of anilines is 1. The van der Waals surface area contributed by atoms with E-state index in [9.17, 15) is 22.4 Å². The minimum Gasteiger partial charge on any atom is -0.497 e. The van der Waals surface area contributed by atoms with Crippen LogP contribution in [0.1, 0.15) is 45.6 Å². The van der Waals surface area contributed by atoms with Crippen molar-refractivity contribution in [1.82, 2.24) is 10.2 Å². The summed E-state index contributed by atoms with van der Waals surface area (Å²) in [7, 11) is -2.22. The summed E-state index contributed by atoms with van der Waals surface area (Å²) < 4.78 is 45.2. The molecule has 2 rings (SSSR count). The first-order valence-electron chi connectivity index (χ1n) is 11.9. The molecule has 198 valence electrons. The Morgan fingerprint density at radius 3 is 2.42 bits per heavy atom. The standard InChI is InChI=1S/C26H36FN3O5S/c1-6-19(2)28-26(32)20(3)29(18-21-11-9-12-22(17-21)35-4)25(31)15-10-16-30(36(5,33)34)24-14-8-7-13-23(24)27/h7-9,11-14,17,19-20H,6,10,15-16,18H2,1-5H3,(H,28,32)/t19-,20-/m1/s1. The van der Waals surface area contributed by atoms with Gasteiger partial charge in [0.05, 0.1) is 19.1 Å². The van der Waals surface area contributed by atoms with Crippen LogP contribution in [0.2, 0.25) is 0 Å². The first-order chi connectivity index (χ1) is 17.0. The number of nitrogens with one attached hydrogen (secondary N) is 1. The Morgan fingerprint density at radius 2 is 1.81 bits per heavy atom. The molecule has 2 aromatic rings. The monoisotopic (exact) mass is 521 g/mol. The molecule has 0 aromatic heterocycles. The van der Waals surface area contributed by atoms with Crippen LogP contribution in [0.15, 0.2) is 48.5 Å². The van der Waals surface area contributed by atoms with E-state index in [2.05, 4.69) is 5.32 Å². The summed E-state index contributed by atoms with van der Waals surface area (Å²) in [6.07, 6.45) is 1.87. The smallest absolute Gasteiger partial charge is 0.242 e. The van der Waals surface area contributed by atoms with Crippen LogP contribution >= 0.6 is 0 Å². The van der Waals surface area contributed by atoms with Gasteiger partial charge in [0.25, 0.3) is 0 Å². The maximum atomic E-state index is 14.3. The van der Waals surface area contributed by atoms with Crippen LogP contribution in [0.25, 0.3) is 0 Å². The summed E-state index contributed by atoms with van der Waals surface area (Å²) in [5.74, 6) is -0.620. The molecule has 2 amide bonds. The second-order valence-electron chi connectivity index (χ2n) is 8.76. The number of rotatable bonds is 13. The molecule has 2 atom stereocenters. The molecular weight excluding hydrogens is 485 g/mol. The van der Waals surface area contributed by atoms with Gasteiger partial charge in [0.2, 0.25) is 21.8 Å². The molecule has 0 saturated heterocycles. The lowest BCUT2D eigenvalue weighted by Crippen LogP contribution is -2.49. The Labute approximate surface area is 213 Å². The summed E-state index contributed by atoms with van der Waals surface area (Å²) in [5.41, 5.74) is 0.719. The SMILES string of the molecule is CC[C@@H](C)NC(=O)[C@@H](C)N(Cc1cccc(OC)c1)C(=O)CCCN(c1ccccc1F)S(C)(=O)=O. The van der Waals surface area contributed by atoms with E-state index in [1.807, 2.05) is 19.9 Å². The first-order valence-corrected chi connectivity index (χ1v) is 13.8. The van der Waals surface area contributed by atoms with Crippen molar-refractivity contribution >= 4 is 27.5 Å². The zero-order chi connectivity index (χ0) is 26.9. The number of ether oxygens (including phenoxy) is 1. The molecule has 0 saturated carbocycles. The normalized spacial score (nSPS) is 12.9. The minimum atomic E-state index is -3.77. The van der Waals surface area contributed by atoms with Gasteiger partial charge in [-0.15, -0.1) is 0 Å². The number of carbonyl (C=O) groups is 2. The fraction of sp³-hybridized carbons (Fsp3) is 0.462. The molecular formula is C26H36FN3O5S. The number of halogens is 1. The van der Waals surface area contributed by atoms with Crippen molar-refractivity contribution in [3.8, 4) is 5.75 Å². The largest absolute Gasteiger partial charge is 0.497 e. The number of hydrogen-bond donors (Lipinski definition) is 1. The molecule has 0 fully saturated rings. The molecule has 0 aliphatic rings. The molecule has 1 N–H and O–H groups in total. The maximum absolute atomic E-state index is 14.3. The van der Waals surface area contributed by atoms with Gasteiger partial charge in [-0.05, 0) is 56.5 Å². The van der Waals surface area contributed by atoms with Gasteiger partial charge >= 0.3 is 0 Å². The van der Waals surface area contributed by atoms with Crippen molar-refractivity contribution in [2.24, 2.45) is 0 Å². The van der Waals surface area contributed by atoms with Crippen LogP contribution in [-0.2, 0) is 26.2 Å². The minimum absolute atomic E-state index is 0.0224. The molecule has 0 unspecified atom stereocenters. The van der Waals surface area contributed by atoms with Gasteiger partial charge in [0.1, 0.15) is 17.6 Å². The third-order valence-electron chi connectivity index (χ3n) is 5.93. The zero-order valence-corrected chi connectivity index (χ0v) is 22.3. The molecule has 0 spiro atoms. The van der Waals surface area contributed by atoms with Crippen LogP contribution in [0, 0.1) is 5.82 Å². The highest BCUT2D eigenvalue weighted by Crippen LogP contribution is 2.22. The number of benzene rings is 2. The van der Waals surface area contributed by atoms with E-state index in [1.165, 1.54) is 23.1 Å². The van der Waals surface area contributed by atoms with E-state index in [4.69, 9.17) is 4.74 Å². The highest BCUT2D eigenvalue weighted by atomic mass is 32.2. The fourth-order valence-corrected chi connectivity index (χ4v) is 4.62. The molecule has 0 radical (unpaired) electrons. The molecule has 10 heteroatoms. The predicted octanol–water partition coefficient (Wildman–Crippen LogP) is 3.71. The molecule has 36 heavy (non-hydrogen) atoms. The molecule has 0 aliphatic heterocycles. The van der Waals surface area contributed by atoms with Crippen LogP contribution in [0.5, 0.6) is 5.75 Å². The highest BCUT2D eigenvalue weighted by Gasteiger charge is 2.27. The van der Waals surface area contributed by atoms with E-state index >= 15 is 0 Å². The Balaban J connectivity index is 2.20. The van der Waals surface area contributed by atoms with E-state index in [-0.39, 0.29) is 49.5 Å². The molecule has 8 nitrogen and oxygen atoms in total. The summed E-state index contributed by atoms with van der Waals surface area (Å²) in [6.45, 7) is 5.61. The van der Waals surface area contributed by atoms with Crippen molar-refractivity contribution in [1.29, 1.82) is 0 Å². The maximum Gasteiger partial charge on any atom is 0.242 e. The van der Waals surface area contributed by atoms with Gasteiger partial charge in [-0.25, -0.2) is 12.8 Å². The van der Waals surface area contributed by atoms with Crippen molar-refractivity contribution in [3.63, 3.8) is 0 Å². The van der Waals surface area contributed by atoms with E-state index in [1.54, 1.807) is 38.3 Å². The Morgan fingerprint density at radius 1 is 1.11 bits per heavy atom. The van der Waals surface area contributed by atoms with Gasteiger partial charge < -0.3 is 15.0 Å². The van der Waals surface area contributed by atoms with Gasteiger partial charge in [-0.2, -0.15) is 0 Å². The van der Waals surface area contributed by atoms with E-state index < -0.39 is 21.9 Å². The number of para-hydroxylation sites is 1. The second kappa shape index (κ2) is 13.2. The van der Waals surface area contributed by atoms with Crippen LogP contribution in [0.4, 0.5) is 10.1 Å². The number of hydrogen-bond acceptors (Lipinski definition) is 5. The van der Waals surface area contributed by atoms with Crippen molar-refractivity contribution in [3.05, 3.63) is 59.9 Å². The number of amides is 2. The molecule has 0 aliphatic carbocycles. The third kappa shape index (κ3) is 8.22. The van der Waals surface area contributed by atoms with Crippen molar-refractivity contribution in [2.75, 3.05) is 24.2 Å². The van der Waals surface area contributed by atoms with Crippen molar-refractivity contribution < 1.29 is 27.1 Å². The van der Waals surface area contributed by atoms with Crippen LogP contribution < -0.4 is 14.4 Å². The summed E-state index contributed by atoms with van der Waals surface area (Å²) >= 11 is 0. The molecule has 2 aromatic carbocycles. The third-order valence-corrected chi connectivity index (χ3v) is 7.11. The molecule has 0 bridgehead atoms. The van der Waals surface area contributed by atoms with Crippen LogP contribution in [-0.4, -0.2) is 57.1 Å². The van der Waals surface area contributed by atoms with Gasteiger partial charge in [-0.1, -0.05) is 31.2 Å². The topological polar surface area (TPSA) is 96.0 Å². The molecule has 0 heterocycles. The zero-order valence-electron chi connectivity index (χ0n) is 21.5. The Kier molecular flexibility index (Phi) is 10.7. The summed E-state index contributed by atoms with van der Waals surface area (Å²) in [6, 6.07) is 12.0. The lowest BCUT2D eigenvalue weighted by atomic mass is 10.1. The van der Waals surface area contributed by atoms with Crippen molar-refractivity contribution in [2.45, 2.75) is 58.7 Å². The quantitative estimate of drug-likeness (QED) is 0.434. The second-order valence-corrected chi connectivity index (χ2v) is 10.7. The van der Waals surface area contributed by atoms with Crippen LogP contribution in [0.3, 0.4) is 0 Å². The number of sulfonamides is 1. The lowest BCUT2D eigenvalue weighted by Gasteiger charge is -2.30. The first kappa shape index (κ1) is 29.1. The number of carbonyl (C=O) groups excluding carboxylic acids is 2. The predicted molar refractivity (Wildman–Crippen MR) is 139 cm³/mol. The average molecular weight is 522 g/mol. The summed E-state index contributed by atoms with van der Waals surface area (Å²) in [4.78, 5) is 27.6. The number of methoxy groups -OCH3 is 1. The lowest BCUT2D eigenvalue weighted by molar-refractivity contribution is -0.140. The summed E-state index contributed by atoms with van der Waals surface area (Å²) in [5, 5.41) is 2.91. The van der Waals surface area contributed by atoms with Gasteiger partial charge in [0.15, 0.2) is 0 Å².